The summed E-state index contributed by atoms with van der Waals surface area (Å²) in [4.78, 5) is 0. The molecule has 2 aromatic rings. The van der Waals surface area contributed by atoms with Crippen LogP contribution in [0.15, 0.2) is 36.9 Å². The van der Waals surface area contributed by atoms with E-state index in [4.69, 9.17) is 0 Å². The second-order valence-corrected chi connectivity index (χ2v) is 4.38. The molecule has 0 spiro atoms. The van der Waals surface area contributed by atoms with Crippen molar-refractivity contribution in [3.05, 3.63) is 58.5 Å². The fraction of sp³-hybridized carbons (Fsp3) is 0.333. The maximum absolute atomic E-state index is 3.79. The highest BCUT2D eigenvalue weighted by molar-refractivity contribution is 5.90. The highest BCUT2D eigenvalue weighted by Crippen LogP contribution is 2.15. The maximum Gasteiger partial charge on any atom is -0.00736 e. The van der Waals surface area contributed by atoms with E-state index in [9.17, 15) is 0 Å². The summed E-state index contributed by atoms with van der Waals surface area (Å²) >= 11 is 0. The van der Waals surface area contributed by atoms with E-state index in [1.54, 1.807) is 0 Å². The summed E-state index contributed by atoms with van der Waals surface area (Å²) in [7, 11) is 0. The van der Waals surface area contributed by atoms with E-state index in [1.165, 1.54) is 32.3 Å². The molecule has 0 atom stereocenters. The number of allylic oxidation sites excluding steroid dienone is 1. The highest BCUT2D eigenvalue weighted by Gasteiger charge is 2.02. The highest BCUT2D eigenvalue weighted by atomic mass is 14.1. The topological polar surface area (TPSA) is 0 Å². The summed E-state index contributed by atoms with van der Waals surface area (Å²) in [5.41, 5.74) is 2.65. The molecule has 0 nitrogen and oxygen atoms in total. The van der Waals surface area contributed by atoms with E-state index in [1.807, 2.05) is 33.8 Å². The third kappa shape index (κ3) is 4.32. The normalized spacial score (nSPS) is 11.4. The van der Waals surface area contributed by atoms with Crippen LogP contribution in [-0.4, -0.2) is 0 Å². The van der Waals surface area contributed by atoms with Gasteiger partial charge in [-0.2, -0.15) is 0 Å². The monoisotopic (exact) mass is 282 g/mol. The molecule has 0 aromatic heterocycles. The van der Waals surface area contributed by atoms with Crippen molar-refractivity contribution in [2.24, 2.45) is 0 Å². The van der Waals surface area contributed by atoms with Crippen LogP contribution in [0.25, 0.3) is 22.9 Å². The van der Waals surface area contributed by atoms with Gasteiger partial charge in [0.2, 0.25) is 0 Å². The summed E-state index contributed by atoms with van der Waals surface area (Å²) < 4.78 is 0. The summed E-state index contributed by atoms with van der Waals surface area (Å²) in [6, 6.07) is 8.75. The SMILES string of the molecule is C=C/C=c1/cc/c(=C/C)c2c(C)ccc(C)c12.CC.CC. The van der Waals surface area contributed by atoms with Gasteiger partial charge in [0.15, 0.2) is 0 Å². The molecular weight excluding hydrogens is 252 g/mol. The van der Waals surface area contributed by atoms with Crippen molar-refractivity contribution in [3.8, 4) is 0 Å². The van der Waals surface area contributed by atoms with Crippen LogP contribution < -0.4 is 10.4 Å². The Kier molecular flexibility index (Phi) is 9.12. The fourth-order valence-corrected chi connectivity index (χ4v) is 2.41. The molecule has 0 radical (unpaired) electrons. The quantitative estimate of drug-likeness (QED) is 0.668. The lowest BCUT2D eigenvalue weighted by Crippen LogP contribution is -2.13. The van der Waals surface area contributed by atoms with E-state index in [2.05, 4.69) is 63.8 Å². The number of hydrogen-bond acceptors (Lipinski definition) is 0. The van der Waals surface area contributed by atoms with Crippen molar-refractivity contribution >= 4 is 22.9 Å². The molecule has 2 aromatic carbocycles. The molecule has 0 saturated heterocycles. The standard InChI is InChI=1S/C17H18.2C2H6/c1-5-7-15-11-10-14(6-2)16-12(3)8-9-13(4)17(15)16;2*1-2/h5-11H,1H2,2-4H3;2*1-2H3/b14-6-,15-7-;;. The van der Waals surface area contributed by atoms with Crippen LogP contribution in [0.2, 0.25) is 0 Å². The van der Waals surface area contributed by atoms with Crippen molar-refractivity contribution in [2.75, 3.05) is 0 Å². The number of hydrogen-bond donors (Lipinski definition) is 0. The average Bonchev–Trinajstić information content (AvgIpc) is 2.55. The first-order chi connectivity index (χ1) is 10.2. The van der Waals surface area contributed by atoms with Gasteiger partial charge in [-0.05, 0) is 53.1 Å². The molecule has 0 heterocycles. The van der Waals surface area contributed by atoms with Crippen molar-refractivity contribution < 1.29 is 0 Å². The Labute approximate surface area is 130 Å². The molecule has 2 rings (SSSR count). The van der Waals surface area contributed by atoms with Gasteiger partial charge in [-0.1, -0.05) is 76.8 Å². The molecule has 0 aliphatic heterocycles. The largest absolute Gasteiger partial charge is 0.0990 e. The molecule has 21 heavy (non-hydrogen) atoms. The number of rotatable bonds is 1. The van der Waals surface area contributed by atoms with E-state index in [0.29, 0.717) is 0 Å². The molecule has 0 aliphatic carbocycles. The minimum absolute atomic E-state index is 1.25. The Morgan fingerprint density at radius 3 is 1.62 bits per heavy atom. The molecule has 114 valence electrons. The average molecular weight is 282 g/mol. The van der Waals surface area contributed by atoms with Crippen LogP contribution in [0, 0.1) is 13.8 Å². The summed E-state index contributed by atoms with van der Waals surface area (Å²) in [6.45, 7) is 18.2. The van der Waals surface area contributed by atoms with Gasteiger partial charge in [0, 0.05) is 0 Å². The lowest BCUT2D eigenvalue weighted by Gasteiger charge is -2.07. The summed E-state index contributed by atoms with van der Waals surface area (Å²) in [5.74, 6) is 0. The molecule has 0 heteroatoms. The van der Waals surface area contributed by atoms with Gasteiger partial charge in [0.1, 0.15) is 0 Å². The molecule has 0 saturated carbocycles. The van der Waals surface area contributed by atoms with Crippen molar-refractivity contribution in [2.45, 2.75) is 48.5 Å². The smallest absolute Gasteiger partial charge is 0.00736 e. The van der Waals surface area contributed by atoms with E-state index in [0.717, 1.165) is 0 Å². The summed E-state index contributed by atoms with van der Waals surface area (Å²) in [6.07, 6.45) is 6.10. The van der Waals surface area contributed by atoms with Gasteiger partial charge in [-0.15, -0.1) is 0 Å². The van der Waals surface area contributed by atoms with Gasteiger partial charge >= 0.3 is 0 Å². The van der Waals surface area contributed by atoms with Gasteiger partial charge in [-0.25, -0.2) is 0 Å². The van der Waals surface area contributed by atoms with Crippen molar-refractivity contribution in [3.63, 3.8) is 0 Å². The third-order valence-corrected chi connectivity index (χ3v) is 3.25. The van der Waals surface area contributed by atoms with Gasteiger partial charge in [-0.3, -0.25) is 0 Å². The van der Waals surface area contributed by atoms with Crippen molar-refractivity contribution in [1.82, 2.24) is 0 Å². The third-order valence-electron chi connectivity index (χ3n) is 3.25. The Balaban J connectivity index is 0.000000921. The number of aryl methyl sites for hydroxylation is 2. The second kappa shape index (κ2) is 9.99. The van der Waals surface area contributed by atoms with Crippen LogP contribution in [0.5, 0.6) is 0 Å². The first-order valence-corrected chi connectivity index (χ1v) is 7.97. The van der Waals surface area contributed by atoms with Crippen LogP contribution in [0.3, 0.4) is 0 Å². The number of fused-ring (bicyclic) bond motifs is 1. The first kappa shape index (κ1) is 19.2. The Bertz CT molecular complexity index is 688. The summed E-state index contributed by atoms with van der Waals surface area (Å²) in [5, 5.41) is 5.27. The van der Waals surface area contributed by atoms with Gasteiger partial charge in [0.05, 0.1) is 0 Å². The Morgan fingerprint density at radius 2 is 1.19 bits per heavy atom. The first-order valence-electron chi connectivity index (χ1n) is 7.97. The second-order valence-electron chi connectivity index (χ2n) is 4.38. The number of benzene rings is 2. The zero-order chi connectivity index (χ0) is 16.4. The van der Waals surface area contributed by atoms with E-state index < -0.39 is 0 Å². The minimum atomic E-state index is 1.25. The zero-order valence-corrected chi connectivity index (χ0v) is 14.7. The van der Waals surface area contributed by atoms with Gasteiger partial charge in [0.25, 0.3) is 0 Å². The molecule has 0 aliphatic rings. The van der Waals surface area contributed by atoms with E-state index >= 15 is 0 Å². The fourth-order valence-electron chi connectivity index (χ4n) is 2.41. The molecule has 0 amide bonds. The van der Waals surface area contributed by atoms with Crippen LogP contribution in [0.4, 0.5) is 0 Å². The maximum atomic E-state index is 3.79. The lowest BCUT2D eigenvalue weighted by atomic mass is 9.97. The molecule has 0 unspecified atom stereocenters. The Hall–Kier alpha value is -1.82. The predicted octanol–water partition coefficient (Wildman–Crippen LogP) is 5.28. The molecule has 0 fully saturated rings. The molecule has 0 N–H and O–H groups in total. The van der Waals surface area contributed by atoms with Crippen LogP contribution in [0.1, 0.15) is 45.7 Å². The minimum Gasteiger partial charge on any atom is -0.0990 e. The van der Waals surface area contributed by atoms with Gasteiger partial charge < -0.3 is 0 Å². The van der Waals surface area contributed by atoms with E-state index in [-0.39, 0.29) is 0 Å². The molecule has 0 bridgehead atoms. The van der Waals surface area contributed by atoms with Crippen LogP contribution >= 0.6 is 0 Å². The van der Waals surface area contributed by atoms with Crippen molar-refractivity contribution in [1.29, 1.82) is 0 Å². The zero-order valence-electron chi connectivity index (χ0n) is 14.7. The predicted molar refractivity (Wildman–Crippen MR) is 100 cm³/mol. The lowest BCUT2D eigenvalue weighted by molar-refractivity contribution is 1.43. The molecular formula is C21H30. The van der Waals surface area contributed by atoms with Crippen LogP contribution in [-0.2, 0) is 0 Å². The Morgan fingerprint density at radius 1 is 0.762 bits per heavy atom.